The van der Waals surface area contributed by atoms with Gasteiger partial charge in [0, 0.05) is 30.3 Å². The molecule has 3 aliphatic rings. The number of alkyl halides is 3. The summed E-state index contributed by atoms with van der Waals surface area (Å²) >= 11 is 6.15. The minimum atomic E-state index is -4.49. The third-order valence-electron chi connectivity index (χ3n) is 7.83. The first-order chi connectivity index (χ1) is 18.2. The molecule has 38 heavy (non-hydrogen) atoms. The monoisotopic (exact) mass is 546 g/mol. The van der Waals surface area contributed by atoms with Crippen molar-refractivity contribution < 1.29 is 17.9 Å². The van der Waals surface area contributed by atoms with Crippen LogP contribution in [0.2, 0.25) is 5.02 Å². The smallest absolute Gasteiger partial charge is 0.372 e. The molecule has 0 N–H and O–H groups in total. The van der Waals surface area contributed by atoms with Gasteiger partial charge in [0.25, 0.3) is 5.95 Å². The Morgan fingerprint density at radius 3 is 2.66 bits per heavy atom. The Morgan fingerprint density at radius 2 is 1.95 bits per heavy atom. The van der Waals surface area contributed by atoms with E-state index in [-0.39, 0.29) is 17.6 Å². The summed E-state index contributed by atoms with van der Waals surface area (Å²) < 4.78 is 46.7. The zero-order valence-electron chi connectivity index (χ0n) is 21.4. The maximum atomic E-state index is 13.6. The average Bonchev–Trinajstić information content (AvgIpc) is 3.41. The van der Waals surface area contributed by atoms with E-state index < -0.39 is 11.7 Å². The molecule has 2 aliphatic heterocycles. The lowest BCUT2D eigenvalue weighted by Crippen LogP contribution is -2.31. The van der Waals surface area contributed by atoms with Crippen molar-refractivity contribution in [3.63, 3.8) is 0 Å². The first kappa shape index (κ1) is 25.4. The van der Waals surface area contributed by atoms with Gasteiger partial charge in [-0.2, -0.15) is 18.0 Å². The number of hydrogen-bond acceptors (Lipinski definition) is 6. The summed E-state index contributed by atoms with van der Waals surface area (Å²) in [6.07, 6.45) is -0.237. The largest absolute Gasteiger partial charge is 0.416 e. The lowest BCUT2D eigenvalue weighted by molar-refractivity contribution is -0.137. The second kappa shape index (κ2) is 9.72. The predicted molar refractivity (Wildman–Crippen MR) is 138 cm³/mol. The zero-order chi connectivity index (χ0) is 26.6. The van der Waals surface area contributed by atoms with Crippen LogP contribution in [0.15, 0.2) is 24.3 Å². The van der Waals surface area contributed by atoms with E-state index in [1.807, 2.05) is 4.90 Å². The van der Waals surface area contributed by atoms with E-state index in [0.29, 0.717) is 30.6 Å². The van der Waals surface area contributed by atoms with E-state index in [0.717, 1.165) is 43.6 Å². The van der Waals surface area contributed by atoms with E-state index >= 15 is 0 Å². The molecule has 3 heterocycles. The van der Waals surface area contributed by atoms with Gasteiger partial charge in [0.05, 0.1) is 31.9 Å². The molecule has 1 atom stereocenters. The van der Waals surface area contributed by atoms with E-state index in [4.69, 9.17) is 16.3 Å². The maximum Gasteiger partial charge on any atom is 0.416 e. The molecule has 1 unspecified atom stereocenters. The van der Waals surface area contributed by atoms with Crippen LogP contribution in [0.25, 0.3) is 0 Å². The van der Waals surface area contributed by atoms with Crippen LogP contribution >= 0.6 is 11.6 Å². The van der Waals surface area contributed by atoms with Crippen molar-refractivity contribution >= 4 is 23.2 Å². The minimum absolute atomic E-state index is 0.0459. The minimum Gasteiger partial charge on any atom is -0.372 e. The molecule has 11 heteroatoms. The molecule has 0 radical (unpaired) electrons. The summed E-state index contributed by atoms with van der Waals surface area (Å²) in [5.74, 6) is 1.09. The van der Waals surface area contributed by atoms with Gasteiger partial charge in [-0.1, -0.05) is 16.7 Å². The Balaban J connectivity index is 1.47. The number of hydrogen-bond donors (Lipinski definition) is 0. The van der Waals surface area contributed by atoms with E-state index in [2.05, 4.69) is 33.3 Å². The fourth-order valence-corrected chi connectivity index (χ4v) is 6.14. The summed E-state index contributed by atoms with van der Waals surface area (Å²) in [5.41, 5.74) is 5.70. The standard InChI is InChI=1S/C27H30ClF3N6O/c1-16-23-15-38-14-19(23)10-22-24(4-3-7-36(25(16)22)12-17-5-6-17)37(26-32-34-35(2)33-26)13-18-8-20(27(29,30)31)11-21(28)9-18/h8-11,17,24H,3-7,12-15H2,1-2H3. The number of fused-ring (bicyclic) bond motifs is 2. The van der Waals surface area contributed by atoms with Crippen LogP contribution in [0.4, 0.5) is 24.8 Å². The highest BCUT2D eigenvalue weighted by atomic mass is 35.5. The number of tetrazole rings is 1. The molecule has 2 aromatic carbocycles. The molecular formula is C27H30ClF3N6O. The van der Waals surface area contributed by atoms with Gasteiger partial charge in [-0.3, -0.25) is 0 Å². The Kier molecular flexibility index (Phi) is 6.50. The number of rotatable bonds is 6. The molecular weight excluding hydrogens is 517 g/mol. The molecule has 0 spiro atoms. The predicted octanol–water partition coefficient (Wildman–Crippen LogP) is 5.98. The number of benzene rings is 2. The van der Waals surface area contributed by atoms with Crippen molar-refractivity contribution in [2.75, 3.05) is 22.9 Å². The molecule has 7 nitrogen and oxygen atoms in total. The van der Waals surface area contributed by atoms with E-state index in [9.17, 15) is 13.2 Å². The van der Waals surface area contributed by atoms with Gasteiger partial charge < -0.3 is 14.5 Å². The molecule has 6 rings (SSSR count). The van der Waals surface area contributed by atoms with Crippen molar-refractivity contribution in [2.45, 2.75) is 64.6 Å². The van der Waals surface area contributed by atoms with Gasteiger partial charge in [0.15, 0.2) is 0 Å². The average molecular weight is 547 g/mol. The Bertz CT molecular complexity index is 1360. The molecule has 1 aromatic heterocycles. The number of aryl methyl sites for hydroxylation is 1. The number of halogens is 4. The fourth-order valence-electron chi connectivity index (χ4n) is 5.88. The topological polar surface area (TPSA) is 59.3 Å². The summed E-state index contributed by atoms with van der Waals surface area (Å²) in [6, 6.07) is 5.78. The maximum absolute atomic E-state index is 13.6. The Morgan fingerprint density at radius 1 is 1.13 bits per heavy atom. The van der Waals surface area contributed by atoms with Crippen LogP contribution in [-0.2, 0) is 37.7 Å². The zero-order valence-corrected chi connectivity index (χ0v) is 22.2. The van der Waals surface area contributed by atoms with Gasteiger partial charge in [-0.25, -0.2) is 0 Å². The SMILES string of the molecule is Cc1c2c(cc3c1N(CC1CC1)CCCC3N(Cc1cc(Cl)cc(C(F)(F)F)c1)c1nnn(C)n1)COC2. The highest BCUT2D eigenvalue weighted by Crippen LogP contribution is 2.45. The van der Waals surface area contributed by atoms with Crippen molar-refractivity contribution in [1.82, 2.24) is 20.2 Å². The first-order valence-electron chi connectivity index (χ1n) is 13.0. The van der Waals surface area contributed by atoms with Gasteiger partial charge in [0.1, 0.15) is 0 Å². The van der Waals surface area contributed by atoms with Gasteiger partial charge in [-0.05, 0) is 95.8 Å². The Labute approximate surface area is 224 Å². The molecule has 1 aliphatic carbocycles. The Hall–Kier alpha value is -2.85. The van der Waals surface area contributed by atoms with Crippen LogP contribution in [-0.4, -0.2) is 33.3 Å². The van der Waals surface area contributed by atoms with Crippen molar-refractivity contribution in [3.8, 4) is 0 Å². The highest BCUT2D eigenvalue weighted by molar-refractivity contribution is 6.30. The molecule has 1 fully saturated rings. The van der Waals surface area contributed by atoms with Crippen LogP contribution < -0.4 is 9.80 Å². The van der Waals surface area contributed by atoms with Crippen molar-refractivity contribution in [2.24, 2.45) is 13.0 Å². The van der Waals surface area contributed by atoms with E-state index in [1.54, 1.807) is 13.1 Å². The lowest BCUT2D eigenvalue weighted by Gasteiger charge is -2.34. The molecule has 1 saturated carbocycles. The van der Waals surface area contributed by atoms with Crippen LogP contribution in [0, 0.1) is 12.8 Å². The quantitative estimate of drug-likeness (QED) is 0.379. The summed E-state index contributed by atoms with van der Waals surface area (Å²) in [5, 5.41) is 12.9. The molecule has 0 amide bonds. The molecule has 0 saturated heterocycles. The number of nitrogens with zero attached hydrogens (tertiary/aromatic N) is 6. The van der Waals surface area contributed by atoms with Crippen molar-refractivity contribution in [1.29, 1.82) is 0 Å². The first-order valence-corrected chi connectivity index (χ1v) is 13.4. The number of anilines is 2. The van der Waals surface area contributed by atoms with Gasteiger partial charge in [-0.15, -0.1) is 5.10 Å². The fraction of sp³-hybridized carbons (Fsp3) is 0.519. The second-order valence-electron chi connectivity index (χ2n) is 10.7. The summed E-state index contributed by atoms with van der Waals surface area (Å²) in [6.45, 7) is 5.45. The van der Waals surface area contributed by atoms with Crippen LogP contribution in [0.5, 0.6) is 0 Å². The summed E-state index contributed by atoms with van der Waals surface area (Å²) in [7, 11) is 1.68. The van der Waals surface area contributed by atoms with E-state index in [1.165, 1.54) is 40.0 Å². The number of aromatic nitrogens is 4. The highest BCUT2D eigenvalue weighted by Gasteiger charge is 2.36. The van der Waals surface area contributed by atoms with Crippen LogP contribution in [0.3, 0.4) is 0 Å². The van der Waals surface area contributed by atoms with Crippen molar-refractivity contribution in [3.05, 3.63) is 62.7 Å². The van der Waals surface area contributed by atoms with Gasteiger partial charge >= 0.3 is 6.18 Å². The second-order valence-corrected chi connectivity index (χ2v) is 11.1. The lowest BCUT2D eigenvalue weighted by atomic mass is 9.91. The van der Waals surface area contributed by atoms with Crippen LogP contribution in [0.1, 0.15) is 65.1 Å². The number of ether oxygens (including phenoxy) is 1. The molecule has 202 valence electrons. The third kappa shape index (κ3) is 4.96. The summed E-state index contributed by atoms with van der Waals surface area (Å²) in [4.78, 5) is 5.88. The molecule has 0 bridgehead atoms. The van der Waals surface area contributed by atoms with Gasteiger partial charge in [0.2, 0.25) is 0 Å². The third-order valence-corrected chi connectivity index (χ3v) is 8.05. The molecule has 3 aromatic rings. The normalized spacial score (nSPS) is 19.3.